The number of nitrogens with one attached hydrogen (secondary N) is 1. The van der Waals surface area contributed by atoms with Crippen molar-refractivity contribution in [3.63, 3.8) is 0 Å². The number of amides is 1. The fourth-order valence-corrected chi connectivity index (χ4v) is 2.79. The Kier molecular flexibility index (Phi) is 6.73. The molecule has 3 aromatic rings. The standard InChI is InChI=1S/C22H25N5O2/c1-16(2)12-21(28)25-20-11-7-10-18(24-20)14-29-26-22(17-8-5-4-6-9-17)19-13-23-15-27(19)3/h4-11,13,15-16H,12,14H2,1-3H3,(H,24,25,28)/b26-22-. The molecule has 0 aliphatic rings. The zero-order valence-corrected chi connectivity index (χ0v) is 16.9. The second-order valence-electron chi connectivity index (χ2n) is 7.13. The molecule has 0 saturated carbocycles. The summed E-state index contributed by atoms with van der Waals surface area (Å²) >= 11 is 0. The van der Waals surface area contributed by atoms with E-state index in [-0.39, 0.29) is 12.5 Å². The summed E-state index contributed by atoms with van der Waals surface area (Å²) in [7, 11) is 1.91. The largest absolute Gasteiger partial charge is 0.389 e. The highest BCUT2D eigenvalue weighted by atomic mass is 16.6. The highest BCUT2D eigenvalue weighted by Gasteiger charge is 2.12. The van der Waals surface area contributed by atoms with Gasteiger partial charge in [-0.2, -0.15) is 0 Å². The minimum absolute atomic E-state index is 0.0499. The van der Waals surface area contributed by atoms with E-state index < -0.39 is 0 Å². The highest BCUT2D eigenvalue weighted by molar-refractivity contribution is 6.11. The van der Waals surface area contributed by atoms with Gasteiger partial charge >= 0.3 is 0 Å². The van der Waals surface area contributed by atoms with Crippen LogP contribution in [-0.2, 0) is 23.3 Å². The molecule has 0 fully saturated rings. The molecule has 0 saturated heterocycles. The number of imidazole rings is 1. The van der Waals surface area contributed by atoms with Crippen molar-refractivity contribution in [2.45, 2.75) is 26.9 Å². The lowest BCUT2D eigenvalue weighted by molar-refractivity contribution is -0.116. The Bertz CT molecular complexity index is 980. The number of carbonyl (C=O) groups excluding carboxylic acids is 1. The van der Waals surface area contributed by atoms with Crippen LogP contribution in [0.5, 0.6) is 0 Å². The highest BCUT2D eigenvalue weighted by Crippen LogP contribution is 2.12. The maximum atomic E-state index is 11.9. The molecule has 0 bridgehead atoms. The smallest absolute Gasteiger partial charge is 0.225 e. The van der Waals surface area contributed by atoms with Crippen molar-refractivity contribution in [1.29, 1.82) is 0 Å². The third kappa shape index (κ3) is 5.75. The van der Waals surface area contributed by atoms with Gasteiger partial charge < -0.3 is 14.7 Å². The molecule has 0 unspecified atom stereocenters. The summed E-state index contributed by atoms with van der Waals surface area (Å²) < 4.78 is 1.89. The van der Waals surface area contributed by atoms with E-state index in [1.165, 1.54) is 0 Å². The molecule has 0 aliphatic carbocycles. The second-order valence-corrected chi connectivity index (χ2v) is 7.13. The summed E-state index contributed by atoms with van der Waals surface area (Å²) in [5, 5.41) is 7.17. The number of hydrogen-bond acceptors (Lipinski definition) is 5. The van der Waals surface area contributed by atoms with Crippen LogP contribution in [0.25, 0.3) is 0 Å². The van der Waals surface area contributed by atoms with Crippen LogP contribution < -0.4 is 5.32 Å². The number of carbonyl (C=O) groups is 1. The van der Waals surface area contributed by atoms with Gasteiger partial charge in [-0.05, 0) is 18.1 Å². The van der Waals surface area contributed by atoms with E-state index in [0.717, 1.165) is 11.3 Å². The fraction of sp³-hybridized carbons (Fsp3) is 0.273. The third-order valence-electron chi connectivity index (χ3n) is 4.14. The molecule has 2 aromatic heterocycles. The van der Waals surface area contributed by atoms with E-state index in [0.29, 0.717) is 29.6 Å². The molecule has 150 valence electrons. The zero-order valence-electron chi connectivity index (χ0n) is 16.9. The van der Waals surface area contributed by atoms with Crippen molar-refractivity contribution in [3.05, 3.63) is 78.0 Å². The molecule has 1 aromatic carbocycles. The molecule has 29 heavy (non-hydrogen) atoms. The predicted molar refractivity (Wildman–Crippen MR) is 112 cm³/mol. The Morgan fingerprint density at radius 2 is 1.97 bits per heavy atom. The van der Waals surface area contributed by atoms with Gasteiger partial charge in [-0.15, -0.1) is 0 Å². The number of rotatable bonds is 8. The van der Waals surface area contributed by atoms with Gasteiger partial charge in [-0.25, -0.2) is 9.97 Å². The number of aromatic nitrogens is 3. The molecule has 7 nitrogen and oxygen atoms in total. The number of oxime groups is 1. The lowest BCUT2D eigenvalue weighted by Crippen LogP contribution is -2.15. The molecule has 0 aliphatic heterocycles. The first kappa shape index (κ1) is 20.3. The lowest BCUT2D eigenvalue weighted by Gasteiger charge is -2.09. The van der Waals surface area contributed by atoms with Gasteiger partial charge in [0.2, 0.25) is 5.91 Å². The van der Waals surface area contributed by atoms with E-state index in [2.05, 4.69) is 20.4 Å². The van der Waals surface area contributed by atoms with Crippen LogP contribution in [0, 0.1) is 5.92 Å². The first-order valence-electron chi connectivity index (χ1n) is 9.51. The normalized spacial score (nSPS) is 11.5. The van der Waals surface area contributed by atoms with Crippen molar-refractivity contribution in [2.24, 2.45) is 18.1 Å². The molecule has 1 N–H and O–H groups in total. The third-order valence-corrected chi connectivity index (χ3v) is 4.14. The Morgan fingerprint density at radius 1 is 1.17 bits per heavy atom. The van der Waals surface area contributed by atoms with Gasteiger partial charge in [0.15, 0.2) is 6.61 Å². The van der Waals surface area contributed by atoms with Crippen LogP contribution in [0.2, 0.25) is 0 Å². The summed E-state index contributed by atoms with van der Waals surface area (Å²) in [4.78, 5) is 26.2. The number of anilines is 1. The summed E-state index contributed by atoms with van der Waals surface area (Å²) in [6, 6.07) is 15.2. The van der Waals surface area contributed by atoms with Gasteiger partial charge in [-0.1, -0.05) is 55.4 Å². The van der Waals surface area contributed by atoms with Gasteiger partial charge in [0.25, 0.3) is 0 Å². The monoisotopic (exact) mass is 391 g/mol. The molecule has 1 amide bonds. The molecule has 0 atom stereocenters. The maximum absolute atomic E-state index is 11.9. The predicted octanol–water partition coefficient (Wildman–Crippen LogP) is 3.77. The first-order valence-corrected chi connectivity index (χ1v) is 9.51. The molecule has 2 heterocycles. The van der Waals surface area contributed by atoms with Gasteiger partial charge in [-0.3, -0.25) is 4.79 Å². The van der Waals surface area contributed by atoms with Crippen molar-refractivity contribution in [2.75, 3.05) is 5.32 Å². The fourth-order valence-electron chi connectivity index (χ4n) is 2.79. The first-order chi connectivity index (χ1) is 14.0. The summed E-state index contributed by atoms with van der Waals surface area (Å²) in [5.41, 5.74) is 3.14. The van der Waals surface area contributed by atoms with Crippen LogP contribution in [0.15, 0.2) is 66.2 Å². The SMILES string of the molecule is CC(C)CC(=O)Nc1cccc(CO/N=C(/c2ccccc2)c2cncn2C)n1. The minimum atomic E-state index is -0.0499. The van der Waals surface area contributed by atoms with Crippen LogP contribution >= 0.6 is 0 Å². The quantitative estimate of drug-likeness (QED) is 0.468. The summed E-state index contributed by atoms with van der Waals surface area (Å²) in [5.74, 6) is 0.751. The Balaban J connectivity index is 1.72. The van der Waals surface area contributed by atoms with E-state index in [1.54, 1.807) is 18.6 Å². The lowest BCUT2D eigenvalue weighted by atomic mass is 10.1. The zero-order chi connectivity index (χ0) is 20.6. The van der Waals surface area contributed by atoms with Gasteiger partial charge in [0.05, 0.1) is 23.9 Å². The van der Waals surface area contributed by atoms with Crippen LogP contribution in [0.3, 0.4) is 0 Å². The van der Waals surface area contributed by atoms with Gasteiger partial charge in [0.1, 0.15) is 11.5 Å². The number of pyridine rings is 1. The molecular weight excluding hydrogens is 366 g/mol. The van der Waals surface area contributed by atoms with E-state index in [9.17, 15) is 4.79 Å². The van der Waals surface area contributed by atoms with E-state index >= 15 is 0 Å². The van der Waals surface area contributed by atoms with Crippen molar-refractivity contribution >= 4 is 17.4 Å². The van der Waals surface area contributed by atoms with Crippen LogP contribution in [0.1, 0.15) is 37.2 Å². The molecule has 0 radical (unpaired) electrons. The molecule has 0 spiro atoms. The Hall–Kier alpha value is -3.48. The average Bonchev–Trinajstić information content (AvgIpc) is 3.11. The topological polar surface area (TPSA) is 81.4 Å². The van der Waals surface area contributed by atoms with Crippen molar-refractivity contribution in [1.82, 2.24) is 14.5 Å². The average molecular weight is 391 g/mol. The summed E-state index contributed by atoms with van der Waals surface area (Å²) in [6.07, 6.45) is 3.93. The Labute approximate surface area is 170 Å². The molecule has 3 rings (SSSR count). The molecular formula is C22H25N5O2. The van der Waals surface area contributed by atoms with E-state index in [4.69, 9.17) is 4.84 Å². The van der Waals surface area contributed by atoms with Crippen LogP contribution in [-0.4, -0.2) is 26.2 Å². The Morgan fingerprint density at radius 3 is 2.66 bits per heavy atom. The number of aryl methyl sites for hydroxylation is 1. The molecule has 7 heteroatoms. The maximum Gasteiger partial charge on any atom is 0.225 e. The van der Waals surface area contributed by atoms with E-state index in [1.807, 2.05) is 67.9 Å². The van der Waals surface area contributed by atoms with Gasteiger partial charge in [0, 0.05) is 19.0 Å². The number of benzene rings is 1. The van der Waals surface area contributed by atoms with Crippen molar-refractivity contribution < 1.29 is 9.63 Å². The number of hydrogen-bond donors (Lipinski definition) is 1. The summed E-state index contributed by atoms with van der Waals surface area (Å²) in [6.45, 7) is 4.19. The van der Waals surface area contributed by atoms with Crippen molar-refractivity contribution in [3.8, 4) is 0 Å². The number of nitrogens with zero attached hydrogens (tertiary/aromatic N) is 4. The van der Waals surface area contributed by atoms with Crippen LogP contribution in [0.4, 0.5) is 5.82 Å². The second kappa shape index (κ2) is 9.64. The minimum Gasteiger partial charge on any atom is -0.389 e.